The van der Waals surface area contributed by atoms with E-state index in [0.717, 1.165) is 0 Å². The van der Waals surface area contributed by atoms with Crippen molar-refractivity contribution in [3.63, 3.8) is 0 Å². The minimum Gasteiger partial charge on any atom is -0.214 e. The Morgan fingerprint density at radius 1 is 1.11 bits per heavy atom. The summed E-state index contributed by atoms with van der Waals surface area (Å²) in [5, 5.41) is 2.75. The monoisotopic (exact) mass is 368 g/mol. The van der Waals surface area contributed by atoms with E-state index in [0.29, 0.717) is 0 Å². The third-order valence-corrected chi connectivity index (χ3v) is 2.70. The van der Waals surface area contributed by atoms with Gasteiger partial charge in [-0.2, -0.15) is 30.3 Å². The van der Waals surface area contributed by atoms with Crippen LogP contribution in [0.5, 0.6) is 0 Å². The molecule has 3 aromatic carbocycles. The average molecular weight is 370 g/mol. The Kier molecular flexibility index (Phi) is 8.38. The van der Waals surface area contributed by atoms with Crippen molar-refractivity contribution in [3.8, 4) is 0 Å². The number of halogens is 2. The fraction of sp³-hybridized carbons (Fsp3) is 0.125. The maximum atomic E-state index is 4.93. The van der Waals surface area contributed by atoms with Crippen LogP contribution >= 0.6 is 17.0 Å². The van der Waals surface area contributed by atoms with Crippen molar-refractivity contribution in [2.75, 3.05) is 0 Å². The third-order valence-electron chi connectivity index (χ3n) is 2.70. The molecule has 0 unspecified atom stereocenters. The molecule has 0 saturated heterocycles. The van der Waals surface area contributed by atoms with Crippen LogP contribution in [0, 0.1) is 13.8 Å². The Labute approximate surface area is 133 Å². The molecule has 0 aliphatic carbocycles. The van der Waals surface area contributed by atoms with Gasteiger partial charge in [-0.15, -0.1) is 28.5 Å². The van der Waals surface area contributed by atoms with E-state index >= 15 is 0 Å². The van der Waals surface area contributed by atoms with Gasteiger partial charge >= 0.3 is 37.9 Å². The fourth-order valence-electron chi connectivity index (χ4n) is 1.78. The minimum atomic E-state index is -0.826. The van der Waals surface area contributed by atoms with Crippen LogP contribution < -0.4 is 0 Å². The van der Waals surface area contributed by atoms with Crippen molar-refractivity contribution in [1.82, 2.24) is 0 Å². The Morgan fingerprint density at radius 3 is 2.26 bits per heavy atom. The van der Waals surface area contributed by atoms with E-state index in [2.05, 4.69) is 44.2 Å². The molecule has 3 rings (SSSR count). The summed E-state index contributed by atoms with van der Waals surface area (Å²) < 4.78 is 0. The molecule has 0 N–H and O–H groups in total. The molecule has 3 heteroatoms. The Balaban J connectivity index is 0.000000188. The maximum Gasteiger partial charge on any atom is -0.172 e. The van der Waals surface area contributed by atoms with Crippen molar-refractivity contribution < 1.29 is 20.8 Å². The van der Waals surface area contributed by atoms with E-state index in [-0.39, 0.29) is 0 Å². The standard InChI is InChI=1S/C11H11.C5H5.2ClH.Zr/c1-8-3-5-10-6-4-9(2)11(10)7-8;1-2-4-5-3-1;;;/h3-7H,1-2H3;1-5H;2*1H;/q2*-1;;;+4/p-2. The first kappa shape index (κ1) is 16.7. The summed E-state index contributed by atoms with van der Waals surface area (Å²) in [5.41, 5.74) is 2.72. The molecule has 19 heavy (non-hydrogen) atoms. The van der Waals surface area contributed by atoms with E-state index in [1.165, 1.54) is 21.9 Å². The van der Waals surface area contributed by atoms with Gasteiger partial charge in [-0.25, -0.2) is 12.1 Å². The Morgan fingerprint density at radius 2 is 1.74 bits per heavy atom. The van der Waals surface area contributed by atoms with Crippen LogP contribution in [0.2, 0.25) is 0 Å². The third kappa shape index (κ3) is 6.08. The summed E-state index contributed by atoms with van der Waals surface area (Å²) in [4.78, 5) is 0. The van der Waals surface area contributed by atoms with Crippen LogP contribution in [0.15, 0.2) is 60.7 Å². The zero-order valence-electron chi connectivity index (χ0n) is 11.0. The largest absolute Gasteiger partial charge is 0.214 e. The average Bonchev–Trinajstić information content (AvgIpc) is 3.05. The smallest absolute Gasteiger partial charge is 0.172 e. The second kappa shape index (κ2) is 9.53. The van der Waals surface area contributed by atoms with Crippen LogP contribution in [0.1, 0.15) is 11.1 Å². The van der Waals surface area contributed by atoms with Gasteiger partial charge in [-0.3, -0.25) is 0 Å². The maximum absolute atomic E-state index is 4.93. The van der Waals surface area contributed by atoms with E-state index in [4.69, 9.17) is 17.0 Å². The van der Waals surface area contributed by atoms with Gasteiger partial charge in [0.1, 0.15) is 0 Å². The SMILES string of the molecule is Cc1ccc2cc[c-](C)c2c1.[Cl][Zr+2][Cl].c1cc[cH-]c1. The molecule has 0 aliphatic heterocycles. The fourth-order valence-corrected chi connectivity index (χ4v) is 1.78. The van der Waals surface area contributed by atoms with Crippen LogP contribution in [0.25, 0.3) is 10.8 Å². The topological polar surface area (TPSA) is 0 Å². The summed E-state index contributed by atoms with van der Waals surface area (Å²) in [6.07, 6.45) is 0. The molecular formula is C16H16Cl2Zr. The molecule has 0 nitrogen and oxygen atoms in total. The zero-order valence-corrected chi connectivity index (χ0v) is 15.0. The molecule has 98 valence electrons. The normalized spacial score (nSPS) is 8.84. The van der Waals surface area contributed by atoms with Gasteiger partial charge in [-0.1, -0.05) is 18.6 Å². The van der Waals surface area contributed by atoms with Gasteiger partial charge in [0.05, 0.1) is 0 Å². The minimum absolute atomic E-state index is 0.826. The van der Waals surface area contributed by atoms with E-state index < -0.39 is 20.8 Å². The Hall–Kier alpha value is -0.357. The molecule has 0 radical (unpaired) electrons. The number of fused-ring (bicyclic) bond motifs is 1. The van der Waals surface area contributed by atoms with Gasteiger partial charge in [0.2, 0.25) is 0 Å². The van der Waals surface area contributed by atoms with Gasteiger partial charge in [0.25, 0.3) is 0 Å². The summed E-state index contributed by atoms with van der Waals surface area (Å²) in [5.74, 6) is 0. The van der Waals surface area contributed by atoms with E-state index in [1.54, 1.807) is 0 Å². The first-order valence-corrected chi connectivity index (χ1v) is 12.3. The predicted octanol–water partition coefficient (Wildman–Crippen LogP) is 5.96. The second-order valence-corrected chi connectivity index (χ2v) is 7.87. The molecule has 0 amide bonds. The molecule has 0 atom stereocenters. The van der Waals surface area contributed by atoms with Crippen LogP contribution in [0.3, 0.4) is 0 Å². The molecule has 3 aromatic rings. The zero-order chi connectivity index (χ0) is 14.1. The molecule has 0 aromatic heterocycles. The van der Waals surface area contributed by atoms with Crippen molar-refractivity contribution >= 4 is 27.8 Å². The van der Waals surface area contributed by atoms with Gasteiger partial charge in [0, 0.05) is 0 Å². The van der Waals surface area contributed by atoms with E-state index in [9.17, 15) is 0 Å². The number of hydrogen-bond acceptors (Lipinski definition) is 0. The van der Waals surface area contributed by atoms with Crippen LogP contribution in [-0.4, -0.2) is 0 Å². The summed E-state index contributed by atoms with van der Waals surface area (Å²) in [6, 6.07) is 20.9. The van der Waals surface area contributed by atoms with Gasteiger partial charge in [0.15, 0.2) is 0 Å². The Bertz CT molecular complexity index is 550. The molecule has 0 saturated carbocycles. The van der Waals surface area contributed by atoms with Crippen molar-refractivity contribution in [3.05, 3.63) is 71.8 Å². The van der Waals surface area contributed by atoms with E-state index in [1.807, 2.05) is 30.3 Å². The predicted molar refractivity (Wildman–Crippen MR) is 82.8 cm³/mol. The molecule has 0 bridgehead atoms. The van der Waals surface area contributed by atoms with Crippen molar-refractivity contribution in [2.24, 2.45) is 0 Å². The second-order valence-electron chi connectivity index (χ2n) is 4.14. The van der Waals surface area contributed by atoms with Gasteiger partial charge < -0.3 is 0 Å². The number of hydrogen-bond donors (Lipinski definition) is 0. The molecule has 0 aliphatic rings. The molecule has 0 fully saturated rings. The van der Waals surface area contributed by atoms with Crippen LogP contribution in [0.4, 0.5) is 0 Å². The van der Waals surface area contributed by atoms with Crippen molar-refractivity contribution in [2.45, 2.75) is 13.8 Å². The number of rotatable bonds is 0. The summed E-state index contributed by atoms with van der Waals surface area (Å²) in [7, 11) is 9.87. The van der Waals surface area contributed by atoms with Crippen LogP contribution in [-0.2, 0) is 20.8 Å². The summed E-state index contributed by atoms with van der Waals surface area (Å²) in [6.45, 7) is 4.29. The van der Waals surface area contributed by atoms with Gasteiger partial charge in [-0.05, 0) is 6.92 Å². The molecule has 0 spiro atoms. The molecule has 0 heterocycles. The number of aryl methyl sites for hydroxylation is 2. The van der Waals surface area contributed by atoms with Crippen molar-refractivity contribution in [1.29, 1.82) is 0 Å². The molecular weight excluding hydrogens is 354 g/mol. The first-order valence-electron chi connectivity index (χ1n) is 5.94. The quantitative estimate of drug-likeness (QED) is 0.429. The number of benzene rings is 1. The first-order chi connectivity index (χ1) is 9.19. The summed E-state index contributed by atoms with van der Waals surface area (Å²) >= 11 is -0.826.